The molecule has 1 amide bonds. The van der Waals surface area contributed by atoms with E-state index in [-0.39, 0.29) is 5.91 Å². The Kier molecular flexibility index (Phi) is 4.11. The molecule has 0 aromatic heterocycles. The standard InChI is InChI=1S/C14H19NO3/c1-9-5-7-10(8-6-9)12(16)15-11(13(17)18)14(2,3)4/h5-8,11H,1-4H3,(H,15,16)(H,17,18)/t11-/m1/s1. The van der Waals surface area contributed by atoms with E-state index in [0.717, 1.165) is 5.56 Å². The lowest BCUT2D eigenvalue weighted by Gasteiger charge is -2.27. The summed E-state index contributed by atoms with van der Waals surface area (Å²) in [5, 5.41) is 11.7. The maximum atomic E-state index is 11.9. The Bertz CT molecular complexity index is 443. The lowest BCUT2D eigenvalue weighted by Crippen LogP contribution is -2.49. The first-order valence-electron chi connectivity index (χ1n) is 5.82. The molecule has 0 spiro atoms. The lowest BCUT2D eigenvalue weighted by molar-refractivity contribution is -0.142. The third-order valence-electron chi connectivity index (χ3n) is 2.70. The second-order valence-electron chi connectivity index (χ2n) is 5.48. The van der Waals surface area contributed by atoms with Gasteiger partial charge in [0, 0.05) is 5.56 Å². The van der Waals surface area contributed by atoms with Gasteiger partial charge in [0.25, 0.3) is 5.91 Å². The fourth-order valence-corrected chi connectivity index (χ4v) is 1.57. The van der Waals surface area contributed by atoms with E-state index in [1.54, 1.807) is 32.9 Å². The fourth-order valence-electron chi connectivity index (χ4n) is 1.57. The molecule has 0 saturated carbocycles. The van der Waals surface area contributed by atoms with Crippen LogP contribution in [0.15, 0.2) is 24.3 Å². The molecule has 0 fully saturated rings. The molecule has 0 aliphatic heterocycles. The number of aliphatic carboxylic acids is 1. The molecular formula is C14H19NO3. The zero-order valence-electron chi connectivity index (χ0n) is 11.2. The Hall–Kier alpha value is -1.84. The molecule has 0 heterocycles. The lowest BCUT2D eigenvalue weighted by atomic mass is 9.86. The number of hydrogen-bond donors (Lipinski definition) is 2. The van der Waals surface area contributed by atoms with E-state index in [1.165, 1.54) is 0 Å². The summed E-state index contributed by atoms with van der Waals surface area (Å²) in [6.45, 7) is 7.26. The van der Waals surface area contributed by atoms with Crippen LogP contribution in [0.1, 0.15) is 36.7 Å². The number of carboxylic acid groups (broad SMARTS) is 1. The zero-order chi connectivity index (χ0) is 13.9. The smallest absolute Gasteiger partial charge is 0.326 e. The Labute approximate surface area is 107 Å². The van der Waals surface area contributed by atoms with Gasteiger partial charge in [0.2, 0.25) is 0 Å². The van der Waals surface area contributed by atoms with Crippen LogP contribution in [0.4, 0.5) is 0 Å². The topological polar surface area (TPSA) is 66.4 Å². The van der Waals surface area contributed by atoms with Crippen molar-refractivity contribution in [2.24, 2.45) is 5.41 Å². The summed E-state index contributed by atoms with van der Waals surface area (Å²) >= 11 is 0. The van der Waals surface area contributed by atoms with Crippen LogP contribution in [-0.2, 0) is 4.79 Å². The molecule has 1 aromatic carbocycles. The van der Waals surface area contributed by atoms with Crippen LogP contribution in [-0.4, -0.2) is 23.0 Å². The van der Waals surface area contributed by atoms with Gasteiger partial charge >= 0.3 is 5.97 Å². The number of hydrogen-bond acceptors (Lipinski definition) is 2. The monoisotopic (exact) mass is 249 g/mol. The van der Waals surface area contributed by atoms with Gasteiger partial charge in [0.1, 0.15) is 6.04 Å². The molecule has 0 aliphatic carbocycles. The highest BCUT2D eigenvalue weighted by atomic mass is 16.4. The van der Waals surface area contributed by atoms with Crippen molar-refractivity contribution in [2.75, 3.05) is 0 Å². The Morgan fingerprint density at radius 3 is 2.06 bits per heavy atom. The van der Waals surface area contributed by atoms with Gasteiger partial charge in [-0.3, -0.25) is 4.79 Å². The number of benzene rings is 1. The van der Waals surface area contributed by atoms with Gasteiger partial charge in [-0.2, -0.15) is 0 Å². The largest absolute Gasteiger partial charge is 0.480 e. The molecule has 1 aromatic rings. The summed E-state index contributed by atoms with van der Waals surface area (Å²) in [5.41, 5.74) is 0.986. The minimum absolute atomic E-state index is 0.364. The zero-order valence-corrected chi connectivity index (χ0v) is 11.2. The second-order valence-corrected chi connectivity index (χ2v) is 5.48. The van der Waals surface area contributed by atoms with Crippen LogP contribution in [0.25, 0.3) is 0 Å². The molecule has 4 nitrogen and oxygen atoms in total. The molecule has 2 N–H and O–H groups in total. The van der Waals surface area contributed by atoms with E-state index in [0.29, 0.717) is 5.56 Å². The second kappa shape index (κ2) is 5.21. The SMILES string of the molecule is Cc1ccc(C(=O)N[C@H](C(=O)O)C(C)(C)C)cc1. The summed E-state index contributed by atoms with van der Waals surface area (Å²) in [5.74, 6) is -1.39. The number of aryl methyl sites for hydroxylation is 1. The van der Waals surface area contributed by atoms with Crippen LogP contribution in [0, 0.1) is 12.3 Å². The van der Waals surface area contributed by atoms with Crippen LogP contribution in [0.3, 0.4) is 0 Å². The highest BCUT2D eigenvalue weighted by Gasteiger charge is 2.32. The molecule has 0 aliphatic rings. The van der Waals surface area contributed by atoms with Crippen molar-refractivity contribution in [3.63, 3.8) is 0 Å². The Balaban J connectivity index is 2.86. The van der Waals surface area contributed by atoms with Crippen molar-refractivity contribution < 1.29 is 14.7 Å². The van der Waals surface area contributed by atoms with Crippen molar-refractivity contribution in [1.29, 1.82) is 0 Å². The predicted molar refractivity (Wildman–Crippen MR) is 69.5 cm³/mol. The number of carbonyl (C=O) groups is 2. The van der Waals surface area contributed by atoms with E-state index >= 15 is 0 Å². The molecule has 4 heteroatoms. The number of nitrogens with one attached hydrogen (secondary N) is 1. The Morgan fingerprint density at radius 1 is 1.17 bits per heavy atom. The average molecular weight is 249 g/mol. The van der Waals surface area contributed by atoms with Crippen molar-refractivity contribution in [1.82, 2.24) is 5.32 Å². The summed E-state index contributed by atoms with van der Waals surface area (Å²) in [4.78, 5) is 23.1. The quantitative estimate of drug-likeness (QED) is 0.863. The average Bonchev–Trinajstić information content (AvgIpc) is 2.24. The van der Waals surface area contributed by atoms with Gasteiger partial charge in [-0.25, -0.2) is 4.79 Å². The van der Waals surface area contributed by atoms with Gasteiger partial charge < -0.3 is 10.4 Å². The number of carbonyl (C=O) groups excluding carboxylic acids is 1. The molecular weight excluding hydrogens is 230 g/mol. The van der Waals surface area contributed by atoms with Gasteiger partial charge in [-0.05, 0) is 24.5 Å². The first-order valence-corrected chi connectivity index (χ1v) is 5.82. The summed E-state index contributed by atoms with van der Waals surface area (Å²) in [6.07, 6.45) is 0. The highest BCUT2D eigenvalue weighted by Crippen LogP contribution is 2.20. The maximum Gasteiger partial charge on any atom is 0.326 e. The number of carboxylic acids is 1. The maximum absolute atomic E-state index is 11.9. The van der Waals surface area contributed by atoms with Crippen LogP contribution >= 0.6 is 0 Å². The molecule has 0 bridgehead atoms. The minimum Gasteiger partial charge on any atom is -0.480 e. The first kappa shape index (κ1) is 14.2. The normalized spacial score (nSPS) is 12.9. The summed E-state index contributed by atoms with van der Waals surface area (Å²) in [6, 6.07) is 6.11. The van der Waals surface area contributed by atoms with Crippen LogP contribution in [0.5, 0.6) is 0 Å². The molecule has 1 atom stereocenters. The molecule has 18 heavy (non-hydrogen) atoms. The summed E-state index contributed by atoms with van der Waals surface area (Å²) in [7, 11) is 0. The third kappa shape index (κ3) is 3.58. The van der Waals surface area contributed by atoms with Gasteiger partial charge in [-0.15, -0.1) is 0 Å². The fraction of sp³-hybridized carbons (Fsp3) is 0.429. The molecule has 0 unspecified atom stereocenters. The molecule has 0 saturated heterocycles. The van der Waals surface area contributed by atoms with Crippen LogP contribution < -0.4 is 5.32 Å². The van der Waals surface area contributed by atoms with E-state index in [9.17, 15) is 9.59 Å². The number of amides is 1. The molecule has 0 radical (unpaired) electrons. The van der Waals surface area contributed by atoms with Crippen molar-refractivity contribution in [3.05, 3.63) is 35.4 Å². The molecule has 98 valence electrons. The van der Waals surface area contributed by atoms with Gasteiger partial charge in [0.05, 0.1) is 0 Å². The Morgan fingerprint density at radius 2 is 1.67 bits per heavy atom. The third-order valence-corrected chi connectivity index (χ3v) is 2.70. The van der Waals surface area contributed by atoms with E-state index in [1.807, 2.05) is 19.1 Å². The number of rotatable bonds is 3. The first-order chi connectivity index (χ1) is 8.21. The minimum atomic E-state index is -1.03. The summed E-state index contributed by atoms with van der Waals surface area (Å²) < 4.78 is 0. The van der Waals surface area contributed by atoms with Crippen LogP contribution in [0.2, 0.25) is 0 Å². The van der Waals surface area contributed by atoms with E-state index < -0.39 is 17.4 Å². The highest BCUT2D eigenvalue weighted by molar-refractivity contribution is 5.96. The van der Waals surface area contributed by atoms with Gasteiger partial charge in [-0.1, -0.05) is 38.5 Å². The van der Waals surface area contributed by atoms with E-state index in [4.69, 9.17) is 5.11 Å². The van der Waals surface area contributed by atoms with Gasteiger partial charge in [0.15, 0.2) is 0 Å². The molecule has 1 rings (SSSR count). The van der Waals surface area contributed by atoms with Crippen molar-refractivity contribution in [3.8, 4) is 0 Å². The van der Waals surface area contributed by atoms with E-state index in [2.05, 4.69) is 5.32 Å². The van der Waals surface area contributed by atoms with Crippen molar-refractivity contribution in [2.45, 2.75) is 33.7 Å². The predicted octanol–water partition coefficient (Wildman–Crippen LogP) is 2.22. The van der Waals surface area contributed by atoms with Crippen molar-refractivity contribution >= 4 is 11.9 Å².